The molecule has 1 amide bonds. The Hall–Kier alpha value is -1.56. The molecule has 0 aliphatic rings. The van der Waals surface area contributed by atoms with Crippen molar-refractivity contribution in [2.24, 2.45) is 0 Å². The van der Waals surface area contributed by atoms with E-state index in [1.807, 2.05) is 6.92 Å². The van der Waals surface area contributed by atoms with E-state index in [4.69, 9.17) is 16.3 Å². The van der Waals surface area contributed by atoms with Crippen LogP contribution >= 0.6 is 11.6 Å². The van der Waals surface area contributed by atoms with E-state index in [-0.39, 0.29) is 17.7 Å². The second-order valence-electron chi connectivity index (χ2n) is 3.88. The number of carbonyl (C=O) groups is 2. The predicted octanol–water partition coefficient (Wildman–Crippen LogP) is 1.65. The zero-order valence-electron chi connectivity index (χ0n) is 10.6. The number of esters is 1. The third kappa shape index (κ3) is 3.73. The van der Waals surface area contributed by atoms with Gasteiger partial charge in [-0.2, -0.15) is 5.10 Å². The van der Waals surface area contributed by atoms with Crippen LogP contribution in [0.4, 0.5) is 5.69 Å². The lowest BCUT2D eigenvalue weighted by Gasteiger charge is -2.07. The Labute approximate surface area is 110 Å². The van der Waals surface area contributed by atoms with E-state index < -0.39 is 11.9 Å². The van der Waals surface area contributed by atoms with E-state index in [0.717, 1.165) is 0 Å². The van der Waals surface area contributed by atoms with Gasteiger partial charge in [0.05, 0.1) is 11.8 Å². The molecule has 1 heterocycles. The lowest BCUT2D eigenvalue weighted by atomic mass is 10.3. The Kier molecular flexibility index (Phi) is 5.15. The first-order valence-electron chi connectivity index (χ1n) is 5.62. The minimum Gasteiger partial charge on any atom is -0.458 e. The zero-order valence-corrected chi connectivity index (χ0v) is 11.3. The fourth-order valence-electron chi connectivity index (χ4n) is 1.28. The maximum atomic E-state index is 11.8. The Morgan fingerprint density at radius 3 is 2.72 bits per heavy atom. The van der Waals surface area contributed by atoms with Gasteiger partial charge in [0.2, 0.25) is 5.91 Å². The lowest BCUT2D eigenvalue weighted by molar-refractivity contribution is -0.113. The van der Waals surface area contributed by atoms with Crippen LogP contribution in [0.25, 0.3) is 0 Å². The molecule has 18 heavy (non-hydrogen) atoms. The van der Waals surface area contributed by atoms with E-state index in [1.165, 1.54) is 0 Å². The molecule has 7 heteroatoms. The summed E-state index contributed by atoms with van der Waals surface area (Å²) < 4.78 is 6.59. The molecule has 0 saturated carbocycles. The highest BCUT2D eigenvalue weighted by atomic mass is 35.5. The van der Waals surface area contributed by atoms with Crippen LogP contribution < -0.4 is 5.32 Å². The topological polar surface area (TPSA) is 73.2 Å². The molecular weight excluding hydrogens is 258 g/mol. The van der Waals surface area contributed by atoms with E-state index in [2.05, 4.69) is 10.4 Å². The number of rotatable bonds is 5. The Balaban J connectivity index is 2.97. The number of aromatic nitrogens is 2. The number of nitrogens with zero attached hydrogens (tertiary/aromatic N) is 2. The van der Waals surface area contributed by atoms with Crippen LogP contribution in [0.5, 0.6) is 0 Å². The van der Waals surface area contributed by atoms with Crippen molar-refractivity contribution >= 4 is 29.2 Å². The number of halogens is 1. The van der Waals surface area contributed by atoms with Crippen molar-refractivity contribution in [2.75, 3.05) is 11.2 Å². The molecule has 1 aromatic rings. The van der Waals surface area contributed by atoms with Crippen molar-refractivity contribution in [1.29, 1.82) is 0 Å². The first kappa shape index (κ1) is 14.5. The molecule has 6 nitrogen and oxygen atoms in total. The number of hydrogen-bond acceptors (Lipinski definition) is 4. The summed E-state index contributed by atoms with van der Waals surface area (Å²) in [5, 5.41) is 6.57. The molecule has 1 aromatic heterocycles. The van der Waals surface area contributed by atoms with Crippen LogP contribution in [0.1, 0.15) is 31.3 Å². The quantitative estimate of drug-likeness (QED) is 0.654. The summed E-state index contributed by atoms with van der Waals surface area (Å²) in [5.74, 6) is -1.15. The fraction of sp³-hybridized carbons (Fsp3) is 0.545. The van der Waals surface area contributed by atoms with E-state index in [1.54, 1.807) is 24.7 Å². The Bertz CT molecular complexity index is 443. The van der Waals surface area contributed by atoms with Crippen molar-refractivity contribution in [1.82, 2.24) is 9.78 Å². The molecule has 100 valence electrons. The molecular formula is C11H16ClN3O3. The highest BCUT2D eigenvalue weighted by Gasteiger charge is 2.20. The molecule has 0 aliphatic heterocycles. The fourth-order valence-corrected chi connectivity index (χ4v) is 1.35. The summed E-state index contributed by atoms with van der Waals surface area (Å²) in [6.07, 6.45) is 1.32. The number of nitrogens with one attached hydrogen (secondary N) is 1. The molecule has 0 aliphatic carbocycles. The molecule has 1 N–H and O–H groups in total. The van der Waals surface area contributed by atoms with Gasteiger partial charge in [0, 0.05) is 12.7 Å². The standard InChI is InChI=1S/C11H16ClN3O3/c1-4-15-6-8(13-9(16)5-12)10(14-15)11(17)18-7(2)3/h6-7H,4-5H2,1-3H3,(H,13,16). The van der Waals surface area contributed by atoms with Crippen LogP contribution in [0, 0.1) is 0 Å². The smallest absolute Gasteiger partial charge is 0.361 e. The van der Waals surface area contributed by atoms with E-state index >= 15 is 0 Å². The van der Waals surface area contributed by atoms with Gasteiger partial charge in [-0.1, -0.05) is 0 Å². The number of hydrogen-bond donors (Lipinski definition) is 1. The summed E-state index contributed by atoms with van der Waals surface area (Å²) in [7, 11) is 0. The minimum atomic E-state index is -0.568. The molecule has 0 spiro atoms. The van der Waals surface area contributed by atoms with Gasteiger partial charge in [-0.15, -0.1) is 11.6 Å². The lowest BCUT2D eigenvalue weighted by Crippen LogP contribution is -2.17. The zero-order chi connectivity index (χ0) is 13.7. The average molecular weight is 274 g/mol. The average Bonchev–Trinajstić information content (AvgIpc) is 2.71. The highest BCUT2D eigenvalue weighted by molar-refractivity contribution is 6.29. The number of anilines is 1. The summed E-state index contributed by atoms with van der Waals surface area (Å²) >= 11 is 5.40. The number of carbonyl (C=O) groups excluding carboxylic acids is 2. The molecule has 0 aromatic carbocycles. The SMILES string of the molecule is CCn1cc(NC(=O)CCl)c(C(=O)OC(C)C)n1. The van der Waals surface area contributed by atoms with Crippen LogP contribution in [0.3, 0.4) is 0 Å². The van der Waals surface area contributed by atoms with Gasteiger partial charge in [0.1, 0.15) is 5.88 Å². The van der Waals surface area contributed by atoms with Crippen molar-refractivity contribution in [3.63, 3.8) is 0 Å². The predicted molar refractivity (Wildman–Crippen MR) is 67.8 cm³/mol. The van der Waals surface area contributed by atoms with Crippen molar-refractivity contribution < 1.29 is 14.3 Å². The summed E-state index contributed by atoms with van der Waals surface area (Å²) in [4.78, 5) is 23.0. The number of amides is 1. The van der Waals surface area contributed by atoms with Crippen LogP contribution in [0.2, 0.25) is 0 Å². The number of alkyl halides is 1. The van der Waals surface area contributed by atoms with Gasteiger partial charge in [-0.25, -0.2) is 4.79 Å². The molecule has 0 atom stereocenters. The van der Waals surface area contributed by atoms with Crippen LogP contribution in [0.15, 0.2) is 6.20 Å². The molecule has 0 bridgehead atoms. The maximum absolute atomic E-state index is 11.8. The van der Waals surface area contributed by atoms with Gasteiger partial charge < -0.3 is 10.1 Å². The van der Waals surface area contributed by atoms with Gasteiger partial charge >= 0.3 is 5.97 Å². The third-order valence-corrected chi connectivity index (χ3v) is 2.26. The monoisotopic (exact) mass is 273 g/mol. The molecule has 0 unspecified atom stereocenters. The minimum absolute atomic E-state index is 0.0871. The largest absolute Gasteiger partial charge is 0.458 e. The number of ether oxygens (including phenoxy) is 1. The summed E-state index contributed by atoms with van der Waals surface area (Å²) in [6.45, 7) is 5.94. The number of aryl methyl sites for hydroxylation is 1. The van der Waals surface area contributed by atoms with Crippen molar-refractivity contribution in [3.8, 4) is 0 Å². The van der Waals surface area contributed by atoms with Gasteiger partial charge in [-0.3, -0.25) is 9.48 Å². The first-order valence-corrected chi connectivity index (χ1v) is 6.15. The molecule has 0 radical (unpaired) electrons. The summed E-state index contributed by atoms with van der Waals surface area (Å²) in [5.41, 5.74) is 0.400. The first-order chi connectivity index (χ1) is 8.47. The Morgan fingerprint density at radius 1 is 1.56 bits per heavy atom. The highest BCUT2D eigenvalue weighted by Crippen LogP contribution is 2.16. The Morgan fingerprint density at radius 2 is 2.22 bits per heavy atom. The molecule has 0 saturated heterocycles. The van der Waals surface area contributed by atoms with E-state index in [0.29, 0.717) is 12.2 Å². The summed E-state index contributed by atoms with van der Waals surface area (Å²) in [6, 6.07) is 0. The third-order valence-electron chi connectivity index (χ3n) is 2.02. The van der Waals surface area contributed by atoms with Crippen LogP contribution in [-0.4, -0.2) is 33.6 Å². The normalized spacial score (nSPS) is 10.5. The van der Waals surface area contributed by atoms with Crippen LogP contribution in [-0.2, 0) is 16.1 Å². The molecule has 0 fully saturated rings. The van der Waals surface area contributed by atoms with Gasteiger partial charge in [-0.05, 0) is 20.8 Å². The van der Waals surface area contributed by atoms with Gasteiger partial charge in [0.15, 0.2) is 5.69 Å². The van der Waals surface area contributed by atoms with E-state index in [9.17, 15) is 9.59 Å². The maximum Gasteiger partial charge on any atom is 0.361 e. The second-order valence-corrected chi connectivity index (χ2v) is 4.15. The second kappa shape index (κ2) is 6.39. The van der Waals surface area contributed by atoms with Crippen molar-refractivity contribution in [2.45, 2.75) is 33.4 Å². The van der Waals surface area contributed by atoms with Gasteiger partial charge in [0.25, 0.3) is 0 Å². The molecule has 1 rings (SSSR count). The van der Waals surface area contributed by atoms with Crippen molar-refractivity contribution in [3.05, 3.63) is 11.9 Å².